The summed E-state index contributed by atoms with van der Waals surface area (Å²) in [5.74, 6) is 0.425. The maximum absolute atomic E-state index is 9.52. The van der Waals surface area contributed by atoms with Crippen LogP contribution >= 0.6 is 11.6 Å². The number of nitrogen functional groups attached to an aromatic ring is 1. The molecular weight excluding hydrogens is 324 g/mol. The average molecular weight is 343 g/mol. The monoisotopic (exact) mass is 342 g/mol. The zero-order valence-electron chi connectivity index (χ0n) is 13.3. The van der Waals surface area contributed by atoms with E-state index in [1.807, 2.05) is 43.3 Å². The van der Waals surface area contributed by atoms with Gasteiger partial charge in [0, 0.05) is 34.6 Å². The van der Waals surface area contributed by atoms with Gasteiger partial charge in [-0.05, 0) is 31.2 Å². The molecule has 0 aliphatic carbocycles. The van der Waals surface area contributed by atoms with Crippen LogP contribution in [0.2, 0.25) is 5.02 Å². The van der Waals surface area contributed by atoms with E-state index in [-0.39, 0.29) is 12.0 Å². The van der Waals surface area contributed by atoms with Gasteiger partial charge in [-0.1, -0.05) is 17.7 Å². The van der Waals surface area contributed by atoms with Crippen LogP contribution in [0.4, 0.5) is 17.1 Å². The first-order chi connectivity index (χ1) is 11.6. The molecule has 2 unspecified atom stereocenters. The third-order valence-electron chi connectivity index (χ3n) is 4.04. The molecule has 6 heteroatoms. The lowest BCUT2D eigenvalue weighted by Crippen LogP contribution is -2.31. The summed E-state index contributed by atoms with van der Waals surface area (Å²) in [7, 11) is 0. The summed E-state index contributed by atoms with van der Waals surface area (Å²) in [6, 6.07) is 13.4. The summed E-state index contributed by atoms with van der Waals surface area (Å²) in [5.41, 5.74) is 9.43. The zero-order chi connectivity index (χ0) is 17.1. The highest BCUT2D eigenvalue weighted by atomic mass is 35.5. The fourth-order valence-electron chi connectivity index (χ4n) is 2.92. The predicted molar refractivity (Wildman–Crippen MR) is 97.4 cm³/mol. The molecule has 0 saturated heterocycles. The van der Waals surface area contributed by atoms with Gasteiger partial charge in [0.15, 0.2) is 0 Å². The van der Waals surface area contributed by atoms with E-state index in [0.717, 1.165) is 16.9 Å². The molecule has 4 N–H and O–H groups in total. The van der Waals surface area contributed by atoms with Crippen molar-refractivity contribution in [1.29, 1.82) is 5.26 Å². The van der Waals surface area contributed by atoms with E-state index in [1.165, 1.54) is 0 Å². The van der Waals surface area contributed by atoms with E-state index in [0.29, 0.717) is 29.6 Å². The largest absolute Gasteiger partial charge is 0.492 e. The number of nitrogens with one attached hydrogen (secondary N) is 2. The Balaban J connectivity index is 1.98. The second-order valence-electron chi connectivity index (χ2n) is 5.66. The second-order valence-corrected chi connectivity index (χ2v) is 6.10. The molecule has 1 heterocycles. The highest BCUT2D eigenvalue weighted by Gasteiger charge is 2.30. The fraction of sp³-hybridized carbons (Fsp3) is 0.278. The summed E-state index contributed by atoms with van der Waals surface area (Å²) in [4.78, 5) is 0. The van der Waals surface area contributed by atoms with Gasteiger partial charge < -0.3 is 21.1 Å². The summed E-state index contributed by atoms with van der Waals surface area (Å²) in [5, 5.41) is 16.9. The molecule has 2 aromatic carbocycles. The molecule has 24 heavy (non-hydrogen) atoms. The van der Waals surface area contributed by atoms with Crippen LogP contribution in [-0.4, -0.2) is 13.2 Å². The van der Waals surface area contributed by atoms with Crippen LogP contribution in [-0.2, 0) is 0 Å². The average Bonchev–Trinajstić information content (AvgIpc) is 2.56. The van der Waals surface area contributed by atoms with Crippen molar-refractivity contribution in [2.24, 2.45) is 5.92 Å². The number of hydrogen-bond acceptors (Lipinski definition) is 5. The van der Waals surface area contributed by atoms with Crippen LogP contribution in [0, 0.1) is 17.2 Å². The van der Waals surface area contributed by atoms with Crippen LogP contribution in [0.1, 0.15) is 18.5 Å². The Morgan fingerprint density at radius 1 is 1.42 bits per heavy atom. The summed E-state index contributed by atoms with van der Waals surface area (Å²) >= 11 is 6.06. The standard InChI is InChI=1S/C18H19ClN4O/c1-2-24-17-8-16-14(7-15(17)21)18(11(9-20)10-22-16)23-13-5-3-4-12(19)6-13/h3-8,11,18,22-23H,2,10,21H2,1H3. The lowest BCUT2D eigenvalue weighted by Gasteiger charge is -2.32. The van der Waals surface area contributed by atoms with Crippen molar-refractivity contribution in [3.8, 4) is 11.8 Å². The van der Waals surface area contributed by atoms with Gasteiger partial charge in [0.25, 0.3) is 0 Å². The molecule has 2 aromatic rings. The Hall–Kier alpha value is -2.58. The van der Waals surface area contributed by atoms with Crippen molar-refractivity contribution in [3.05, 3.63) is 47.0 Å². The number of hydrogen-bond donors (Lipinski definition) is 3. The molecule has 0 spiro atoms. The summed E-state index contributed by atoms with van der Waals surface area (Å²) in [6.45, 7) is 3.02. The molecule has 5 nitrogen and oxygen atoms in total. The molecule has 1 aliphatic rings. The third-order valence-corrected chi connectivity index (χ3v) is 4.28. The Labute approximate surface area is 146 Å². The van der Waals surface area contributed by atoms with Gasteiger partial charge in [-0.15, -0.1) is 0 Å². The predicted octanol–water partition coefficient (Wildman–Crippen LogP) is 4.04. The Morgan fingerprint density at radius 3 is 2.96 bits per heavy atom. The number of nitrogens with two attached hydrogens (primary N) is 1. The van der Waals surface area contributed by atoms with Gasteiger partial charge in [-0.25, -0.2) is 0 Å². The molecule has 0 bridgehead atoms. The van der Waals surface area contributed by atoms with Crippen molar-refractivity contribution >= 4 is 28.7 Å². The number of nitrogens with zero attached hydrogens (tertiary/aromatic N) is 1. The fourth-order valence-corrected chi connectivity index (χ4v) is 3.11. The second kappa shape index (κ2) is 6.90. The van der Waals surface area contributed by atoms with E-state index in [2.05, 4.69) is 16.7 Å². The van der Waals surface area contributed by atoms with Crippen molar-refractivity contribution in [2.75, 3.05) is 29.5 Å². The van der Waals surface area contributed by atoms with E-state index >= 15 is 0 Å². The smallest absolute Gasteiger partial charge is 0.144 e. The molecule has 0 radical (unpaired) electrons. The number of fused-ring (bicyclic) bond motifs is 1. The minimum Gasteiger partial charge on any atom is -0.492 e. The molecule has 2 atom stereocenters. The quantitative estimate of drug-likeness (QED) is 0.730. The highest BCUT2D eigenvalue weighted by molar-refractivity contribution is 6.30. The number of ether oxygens (including phenoxy) is 1. The number of halogens is 1. The molecule has 1 aliphatic heterocycles. The minimum absolute atomic E-state index is 0.178. The SMILES string of the molecule is CCOc1cc2c(cc1N)C(Nc1cccc(Cl)c1)C(C#N)CN2. The van der Waals surface area contributed by atoms with Gasteiger partial charge in [0.1, 0.15) is 5.75 Å². The van der Waals surface area contributed by atoms with Gasteiger partial charge in [0.05, 0.1) is 30.3 Å². The topological polar surface area (TPSA) is 83.1 Å². The van der Waals surface area contributed by atoms with Gasteiger partial charge >= 0.3 is 0 Å². The summed E-state index contributed by atoms with van der Waals surface area (Å²) in [6.07, 6.45) is 0. The Kier molecular flexibility index (Phi) is 4.68. The lowest BCUT2D eigenvalue weighted by molar-refractivity contribution is 0.342. The van der Waals surface area contributed by atoms with E-state index in [1.54, 1.807) is 0 Å². The first-order valence-electron chi connectivity index (χ1n) is 7.84. The van der Waals surface area contributed by atoms with Crippen molar-refractivity contribution in [3.63, 3.8) is 0 Å². The van der Waals surface area contributed by atoms with Gasteiger partial charge in [-0.2, -0.15) is 5.26 Å². The molecule has 3 rings (SSSR count). The number of benzene rings is 2. The van der Waals surface area contributed by atoms with Gasteiger partial charge in [0.2, 0.25) is 0 Å². The van der Waals surface area contributed by atoms with Crippen LogP contribution in [0.25, 0.3) is 0 Å². The molecular formula is C18H19ClN4O. The maximum Gasteiger partial charge on any atom is 0.144 e. The van der Waals surface area contributed by atoms with Crippen LogP contribution in [0.15, 0.2) is 36.4 Å². The normalized spacial score (nSPS) is 18.9. The van der Waals surface area contributed by atoms with Crippen LogP contribution in [0.3, 0.4) is 0 Å². The Bertz CT molecular complexity index is 787. The van der Waals surface area contributed by atoms with E-state index in [9.17, 15) is 5.26 Å². The van der Waals surface area contributed by atoms with E-state index < -0.39 is 0 Å². The first kappa shape index (κ1) is 16.3. The minimum atomic E-state index is -0.228. The van der Waals surface area contributed by atoms with Crippen molar-refractivity contribution < 1.29 is 4.74 Å². The van der Waals surface area contributed by atoms with Crippen molar-refractivity contribution in [2.45, 2.75) is 13.0 Å². The number of nitriles is 1. The molecule has 0 aromatic heterocycles. The molecule has 0 saturated carbocycles. The van der Waals surface area contributed by atoms with Crippen LogP contribution in [0.5, 0.6) is 5.75 Å². The molecule has 0 fully saturated rings. The highest BCUT2D eigenvalue weighted by Crippen LogP contribution is 2.40. The third kappa shape index (κ3) is 3.19. The maximum atomic E-state index is 9.52. The van der Waals surface area contributed by atoms with Crippen molar-refractivity contribution in [1.82, 2.24) is 0 Å². The lowest BCUT2D eigenvalue weighted by atomic mass is 9.88. The molecule has 124 valence electrons. The number of rotatable bonds is 4. The first-order valence-corrected chi connectivity index (χ1v) is 8.22. The van der Waals surface area contributed by atoms with E-state index in [4.69, 9.17) is 22.1 Å². The number of anilines is 3. The molecule has 0 amide bonds. The summed E-state index contributed by atoms with van der Waals surface area (Å²) < 4.78 is 5.56. The van der Waals surface area contributed by atoms with Gasteiger partial charge in [-0.3, -0.25) is 0 Å². The Morgan fingerprint density at radius 2 is 2.25 bits per heavy atom. The van der Waals surface area contributed by atoms with Crippen LogP contribution < -0.4 is 21.1 Å². The zero-order valence-corrected chi connectivity index (χ0v) is 14.1.